The van der Waals surface area contributed by atoms with Crippen LogP contribution in [0.25, 0.3) is 0 Å². The Labute approximate surface area is 295 Å². The van der Waals surface area contributed by atoms with Gasteiger partial charge in [-0.2, -0.15) is 0 Å². The van der Waals surface area contributed by atoms with Crippen molar-refractivity contribution in [2.24, 2.45) is 29.1 Å². The molecule has 6 unspecified atom stereocenters. The highest BCUT2D eigenvalue weighted by atomic mass is 35.5. The van der Waals surface area contributed by atoms with Crippen molar-refractivity contribution in [2.45, 2.75) is 25.7 Å². The molecule has 2 aliphatic carbocycles. The van der Waals surface area contributed by atoms with Gasteiger partial charge in [0.2, 0.25) is 23.6 Å². The lowest BCUT2D eigenvalue weighted by atomic mass is 9.51. The van der Waals surface area contributed by atoms with Gasteiger partial charge in [-0.3, -0.25) is 28.9 Å². The second kappa shape index (κ2) is 11.8. The van der Waals surface area contributed by atoms with E-state index in [1.807, 2.05) is 6.08 Å². The molecule has 11 heteroatoms. The quantitative estimate of drug-likeness (QED) is 0.136. The number of hydrogen-bond acceptors (Lipinski definition) is 6. The highest BCUT2D eigenvalue weighted by Crippen LogP contribution is 2.64. The van der Waals surface area contributed by atoms with Gasteiger partial charge in [0.05, 0.1) is 39.6 Å². The van der Waals surface area contributed by atoms with Crippen molar-refractivity contribution < 1.29 is 37.9 Å². The molecule has 0 aromatic heterocycles. The van der Waals surface area contributed by atoms with E-state index >= 15 is 0 Å². The number of benzene rings is 4. The molecule has 8 rings (SSSR count). The maximum absolute atomic E-state index is 15.0. The van der Waals surface area contributed by atoms with Crippen molar-refractivity contribution in [1.29, 1.82) is 0 Å². The number of carbonyl (C=O) groups is 5. The minimum absolute atomic E-state index is 0.0495. The van der Waals surface area contributed by atoms with Crippen molar-refractivity contribution in [2.75, 3.05) is 9.80 Å². The maximum Gasteiger partial charge on any atom is 0.241 e. The number of rotatable bonds is 5. The van der Waals surface area contributed by atoms with Gasteiger partial charge in [0.25, 0.3) is 0 Å². The molecule has 2 aliphatic heterocycles. The maximum atomic E-state index is 15.0. The largest absolute Gasteiger partial charge is 0.505 e. The monoisotopic (exact) mass is 706 g/mol. The summed E-state index contributed by atoms with van der Waals surface area (Å²) in [5.41, 5.74) is 0.740. The topological polar surface area (TPSA) is 112 Å². The van der Waals surface area contributed by atoms with E-state index in [1.165, 1.54) is 24.3 Å². The van der Waals surface area contributed by atoms with E-state index in [4.69, 9.17) is 11.6 Å². The van der Waals surface area contributed by atoms with Crippen LogP contribution in [0, 0.1) is 40.7 Å². The van der Waals surface area contributed by atoms with Crippen molar-refractivity contribution >= 4 is 52.4 Å². The summed E-state index contributed by atoms with van der Waals surface area (Å²) in [6.45, 7) is 1.63. The third kappa shape index (κ3) is 4.80. The first kappa shape index (κ1) is 32.7. The summed E-state index contributed by atoms with van der Waals surface area (Å²) >= 11 is 6.05. The number of nitrogens with zero attached hydrogens (tertiary/aromatic N) is 2. The fourth-order valence-corrected chi connectivity index (χ4v) is 8.92. The molecule has 0 radical (unpaired) electrons. The summed E-state index contributed by atoms with van der Waals surface area (Å²) in [6.07, 6.45) is 2.04. The van der Waals surface area contributed by atoms with Crippen LogP contribution < -0.4 is 9.80 Å². The Balaban J connectivity index is 1.18. The Hall–Kier alpha value is -5.48. The number of amides is 4. The van der Waals surface area contributed by atoms with Gasteiger partial charge in [-0.25, -0.2) is 13.7 Å². The average molecular weight is 707 g/mol. The number of anilines is 2. The lowest BCUT2D eigenvalue weighted by Crippen LogP contribution is -2.48. The van der Waals surface area contributed by atoms with Crippen LogP contribution in [0.4, 0.5) is 20.2 Å². The van der Waals surface area contributed by atoms with Crippen LogP contribution in [-0.4, -0.2) is 34.5 Å². The molecule has 6 atom stereocenters. The zero-order valence-corrected chi connectivity index (χ0v) is 27.8. The van der Waals surface area contributed by atoms with E-state index < -0.39 is 76.0 Å². The van der Waals surface area contributed by atoms with Gasteiger partial charge in [0, 0.05) is 17.0 Å². The van der Waals surface area contributed by atoms with Crippen LogP contribution >= 0.6 is 11.6 Å². The molecule has 1 saturated carbocycles. The third-order valence-electron chi connectivity index (χ3n) is 11.2. The Morgan fingerprint density at radius 2 is 1.47 bits per heavy atom. The Bertz CT molecular complexity index is 2220. The van der Waals surface area contributed by atoms with Crippen LogP contribution in [0.3, 0.4) is 0 Å². The summed E-state index contributed by atoms with van der Waals surface area (Å²) in [6, 6.07) is 22.3. The number of phenolic OH excluding ortho intramolecular Hbond substituents is 1. The molecule has 2 saturated heterocycles. The zero-order valence-electron chi connectivity index (χ0n) is 27.1. The number of hydrogen-bond donors (Lipinski definition) is 1. The van der Waals surface area contributed by atoms with Crippen molar-refractivity contribution in [1.82, 2.24) is 0 Å². The molecule has 3 fully saturated rings. The first-order valence-corrected chi connectivity index (χ1v) is 16.9. The van der Waals surface area contributed by atoms with Gasteiger partial charge in [-0.05, 0) is 85.8 Å². The van der Waals surface area contributed by atoms with Crippen molar-refractivity contribution in [3.63, 3.8) is 0 Å². The minimum atomic E-state index is -1.47. The van der Waals surface area contributed by atoms with Gasteiger partial charge in [0.15, 0.2) is 17.3 Å². The number of allylic oxidation sites excluding steroid dienone is 2. The number of carbonyl (C=O) groups excluding carboxylic acids is 5. The number of fused-ring (bicyclic) bond motifs is 4. The number of aromatic hydroxyl groups is 1. The van der Waals surface area contributed by atoms with Gasteiger partial charge < -0.3 is 5.11 Å². The van der Waals surface area contributed by atoms with Crippen molar-refractivity contribution in [3.8, 4) is 5.75 Å². The van der Waals surface area contributed by atoms with Crippen LogP contribution in [0.5, 0.6) is 5.75 Å². The van der Waals surface area contributed by atoms with Gasteiger partial charge in [-0.1, -0.05) is 59.6 Å². The summed E-state index contributed by atoms with van der Waals surface area (Å²) in [5.74, 6) is -8.73. The molecule has 0 bridgehead atoms. The van der Waals surface area contributed by atoms with Crippen LogP contribution in [0.1, 0.15) is 47.2 Å². The molecule has 4 aromatic rings. The lowest BCUT2D eigenvalue weighted by molar-refractivity contribution is -0.131. The fraction of sp³-hybridized carbons (Fsp3) is 0.225. The number of phenols is 1. The molecule has 1 N–H and O–H groups in total. The summed E-state index contributed by atoms with van der Waals surface area (Å²) in [5, 5.41) is 9.74. The molecular formula is C40H29ClF2N2O6. The molecule has 8 nitrogen and oxygen atoms in total. The Morgan fingerprint density at radius 1 is 0.784 bits per heavy atom. The molecule has 256 valence electrons. The van der Waals surface area contributed by atoms with Crippen LogP contribution in [0.2, 0.25) is 5.02 Å². The molecule has 4 aliphatic rings. The van der Waals surface area contributed by atoms with Gasteiger partial charge in [0.1, 0.15) is 5.82 Å². The van der Waals surface area contributed by atoms with Gasteiger partial charge in [-0.15, -0.1) is 0 Å². The average Bonchev–Trinajstić information content (AvgIpc) is 3.50. The second-order valence-corrected chi connectivity index (χ2v) is 14.1. The highest BCUT2D eigenvalue weighted by molar-refractivity contribution is 6.32. The second-order valence-electron chi connectivity index (χ2n) is 13.7. The van der Waals surface area contributed by atoms with E-state index in [-0.39, 0.29) is 29.3 Å². The van der Waals surface area contributed by atoms with E-state index in [0.29, 0.717) is 28.0 Å². The van der Waals surface area contributed by atoms with E-state index in [0.717, 1.165) is 21.9 Å². The van der Waals surface area contributed by atoms with Gasteiger partial charge >= 0.3 is 0 Å². The number of ketones is 1. The van der Waals surface area contributed by atoms with Crippen molar-refractivity contribution in [3.05, 3.63) is 136 Å². The summed E-state index contributed by atoms with van der Waals surface area (Å²) < 4.78 is 29.1. The minimum Gasteiger partial charge on any atom is -0.505 e. The number of imide groups is 2. The molecule has 4 amide bonds. The highest BCUT2D eigenvalue weighted by Gasteiger charge is 2.67. The van der Waals surface area contributed by atoms with E-state index in [1.54, 1.807) is 61.5 Å². The summed E-state index contributed by atoms with van der Waals surface area (Å²) in [4.78, 5) is 72.2. The first-order chi connectivity index (χ1) is 24.4. The molecule has 4 aromatic carbocycles. The molecular weight excluding hydrogens is 678 g/mol. The molecule has 51 heavy (non-hydrogen) atoms. The summed E-state index contributed by atoms with van der Waals surface area (Å²) in [7, 11) is 0. The molecule has 0 spiro atoms. The number of halogens is 3. The smallest absolute Gasteiger partial charge is 0.241 e. The predicted molar refractivity (Wildman–Crippen MR) is 183 cm³/mol. The Morgan fingerprint density at radius 3 is 2.16 bits per heavy atom. The zero-order chi connectivity index (χ0) is 35.9. The van der Waals surface area contributed by atoms with Crippen LogP contribution in [-0.2, 0) is 19.2 Å². The van der Waals surface area contributed by atoms with Crippen LogP contribution in [0.15, 0.2) is 103 Å². The normalized spacial score (nSPS) is 26.9. The lowest BCUT2D eigenvalue weighted by Gasteiger charge is -2.49. The first-order valence-electron chi connectivity index (χ1n) is 16.5. The third-order valence-corrected chi connectivity index (χ3v) is 11.5. The van der Waals surface area contributed by atoms with E-state index in [2.05, 4.69) is 0 Å². The molecule has 2 heterocycles. The predicted octanol–water partition coefficient (Wildman–Crippen LogP) is 6.99. The Kier molecular flexibility index (Phi) is 7.57. The fourth-order valence-electron chi connectivity index (χ4n) is 8.74. The SMILES string of the molecule is CC12C(=O)N(c3ccc(F)c(Cl)c3)C(=O)C1CC1C(=CCC3C(=O)N(c4ccc(C(=O)c5ccccc5)cc4)C(=O)C31)C2c1ccc(O)c(F)c1. The standard InChI is InChI=1S/C40H29ClF2N2O6/c1-40-28(37(49)45(39(40)51)24-12-15-30(42)29(41)18-24)19-27-25(34(40)22-9-16-32(46)31(43)17-22)13-14-26-33(27)38(50)44(36(26)48)23-10-7-21(8-11-23)35(47)20-5-3-2-4-6-20/h2-13,15-18,26-28,33-34,46H,14,19H2,1H3. The van der Waals surface area contributed by atoms with E-state index in [9.17, 15) is 37.9 Å².